The van der Waals surface area contributed by atoms with E-state index in [1.807, 2.05) is 0 Å². The fourth-order valence-corrected chi connectivity index (χ4v) is 3.04. The van der Waals surface area contributed by atoms with Gasteiger partial charge in [0, 0.05) is 23.4 Å². The van der Waals surface area contributed by atoms with Crippen LogP contribution in [0.25, 0.3) is 0 Å². The summed E-state index contributed by atoms with van der Waals surface area (Å²) < 4.78 is 5.15. The van der Waals surface area contributed by atoms with Crippen molar-refractivity contribution in [1.29, 1.82) is 0 Å². The Morgan fingerprint density at radius 2 is 1.89 bits per heavy atom. The maximum atomic E-state index is 12.6. The fraction of sp³-hybridized carbons (Fsp3) is 0.278. The van der Waals surface area contributed by atoms with Crippen LogP contribution in [0.2, 0.25) is 5.02 Å². The number of ketones is 2. The fourth-order valence-electron chi connectivity index (χ4n) is 2.79. The molecule has 0 radical (unpaired) electrons. The topological polar surface area (TPSA) is 119 Å². The minimum Gasteiger partial charge on any atom is -0.451 e. The molecule has 1 heterocycles. The van der Waals surface area contributed by atoms with Crippen molar-refractivity contribution in [3.05, 3.63) is 61.4 Å². The number of H-pyrrole nitrogens is 1. The second-order valence-corrected chi connectivity index (χ2v) is 6.42. The highest BCUT2D eigenvalue weighted by Gasteiger charge is 2.27. The summed E-state index contributed by atoms with van der Waals surface area (Å²) >= 11 is 5.90. The van der Waals surface area contributed by atoms with Gasteiger partial charge in [0.25, 0.3) is 5.69 Å². The second-order valence-electron chi connectivity index (χ2n) is 6.01. The molecule has 0 saturated heterocycles. The molecule has 0 spiro atoms. The number of esters is 1. The smallest absolute Gasteiger partial charge is 0.340 e. The number of aromatic nitrogens is 1. The van der Waals surface area contributed by atoms with Crippen LogP contribution in [0.15, 0.2) is 18.2 Å². The van der Waals surface area contributed by atoms with Crippen LogP contribution in [0, 0.1) is 24.0 Å². The number of ether oxygens (including phenoxy) is 1. The Morgan fingerprint density at radius 3 is 2.37 bits per heavy atom. The maximum Gasteiger partial charge on any atom is 0.340 e. The Labute approximate surface area is 159 Å². The predicted octanol–water partition coefficient (Wildman–Crippen LogP) is 3.82. The molecule has 0 aliphatic heterocycles. The molecule has 0 unspecified atom stereocenters. The molecule has 0 amide bonds. The van der Waals surface area contributed by atoms with Crippen molar-refractivity contribution in [1.82, 2.24) is 4.98 Å². The Morgan fingerprint density at radius 1 is 1.26 bits per heavy atom. The third-order valence-electron chi connectivity index (χ3n) is 4.07. The van der Waals surface area contributed by atoms with E-state index in [2.05, 4.69) is 4.98 Å². The first kappa shape index (κ1) is 20.3. The van der Waals surface area contributed by atoms with Crippen LogP contribution in [0.4, 0.5) is 5.69 Å². The first-order valence-corrected chi connectivity index (χ1v) is 8.31. The van der Waals surface area contributed by atoms with Gasteiger partial charge >= 0.3 is 5.97 Å². The lowest BCUT2D eigenvalue weighted by Crippen LogP contribution is -2.25. The Balaban J connectivity index is 2.22. The number of benzene rings is 1. The van der Waals surface area contributed by atoms with Crippen molar-refractivity contribution >= 4 is 34.8 Å². The number of carbonyl (C=O) groups excluding carboxylic acids is 3. The Hall–Kier alpha value is -3.00. The van der Waals surface area contributed by atoms with Gasteiger partial charge in [0.1, 0.15) is 0 Å². The highest BCUT2D eigenvalue weighted by atomic mass is 35.5. The van der Waals surface area contributed by atoms with Gasteiger partial charge in [-0.25, -0.2) is 4.79 Å². The monoisotopic (exact) mass is 392 g/mol. The summed E-state index contributed by atoms with van der Waals surface area (Å²) in [5, 5.41) is 10.6. The van der Waals surface area contributed by atoms with Gasteiger partial charge in [0.15, 0.2) is 11.9 Å². The minimum absolute atomic E-state index is 0.0919. The summed E-state index contributed by atoms with van der Waals surface area (Å²) in [4.78, 5) is 49.5. The molecule has 142 valence electrons. The number of Topliss-reactive ketones (excluding diaryl/α,β-unsaturated/α-hetero) is 2. The van der Waals surface area contributed by atoms with E-state index in [0.29, 0.717) is 16.8 Å². The van der Waals surface area contributed by atoms with Gasteiger partial charge in [-0.2, -0.15) is 0 Å². The molecule has 8 nitrogen and oxygen atoms in total. The van der Waals surface area contributed by atoms with Crippen LogP contribution < -0.4 is 0 Å². The average molecular weight is 393 g/mol. The largest absolute Gasteiger partial charge is 0.451 e. The van der Waals surface area contributed by atoms with Crippen molar-refractivity contribution in [2.75, 3.05) is 0 Å². The third kappa shape index (κ3) is 4.06. The van der Waals surface area contributed by atoms with Crippen molar-refractivity contribution < 1.29 is 24.0 Å². The van der Waals surface area contributed by atoms with Crippen molar-refractivity contribution in [3.8, 4) is 0 Å². The molecule has 0 aliphatic carbocycles. The summed E-state index contributed by atoms with van der Waals surface area (Å²) in [5.41, 5.74) is 1.30. The van der Waals surface area contributed by atoms with E-state index in [4.69, 9.17) is 16.3 Å². The number of aryl methyl sites for hydroxylation is 1. The number of halogens is 1. The summed E-state index contributed by atoms with van der Waals surface area (Å²) in [6.07, 6.45) is -1.15. The minimum atomic E-state index is -1.15. The van der Waals surface area contributed by atoms with Crippen LogP contribution in [-0.2, 0) is 4.74 Å². The Kier molecular flexibility index (Phi) is 5.80. The quantitative estimate of drug-likeness (QED) is 0.345. The standard InChI is InChI=1S/C18H17ClN2O6/c1-8-15(10(3)22)9(2)20-16(8)17(23)11(4)27-18(24)13-6-5-12(21(25)26)7-14(13)19/h5-7,11,20H,1-4H3/t11-/m0/s1. The molecular formula is C18H17ClN2O6. The van der Waals surface area contributed by atoms with Gasteiger partial charge < -0.3 is 9.72 Å². The van der Waals surface area contributed by atoms with Gasteiger partial charge in [0.05, 0.1) is 21.2 Å². The summed E-state index contributed by atoms with van der Waals surface area (Å²) in [5.74, 6) is -1.57. The van der Waals surface area contributed by atoms with Crippen LogP contribution in [-0.4, -0.2) is 33.5 Å². The van der Waals surface area contributed by atoms with E-state index < -0.39 is 22.8 Å². The van der Waals surface area contributed by atoms with Crippen molar-refractivity contribution in [2.45, 2.75) is 33.8 Å². The molecule has 27 heavy (non-hydrogen) atoms. The molecule has 2 rings (SSSR count). The number of nitrogens with zero attached hydrogens (tertiary/aromatic N) is 1. The molecule has 0 fully saturated rings. The number of hydrogen-bond acceptors (Lipinski definition) is 6. The molecule has 1 aromatic carbocycles. The first-order valence-electron chi connectivity index (χ1n) is 7.93. The van der Waals surface area contributed by atoms with Gasteiger partial charge in [-0.05, 0) is 39.3 Å². The zero-order chi connectivity index (χ0) is 20.5. The predicted molar refractivity (Wildman–Crippen MR) is 97.6 cm³/mol. The van der Waals surface area contributed by atoms with Crippen LogP contribution in [0.1, 0.15) is 56.3 Å². The molecule has 9 heteroatoms. The van der Waals surface area contributed by atoms with Crippen molar-refractivity contribution in [2.24, 2.45) is 0 Å². The number of nitro benzene ring substituents is 1. The third-order valence-corrected chi connectivity index (χ3v) is 4.39. The number of carbonyl (C=O) groups is 3. The number of non-ortho nitro benzene ring substituents is 1. The highest BCUT2D eigenvalue weighted by molar-refractivity contribution is 6.33. The average Bonchev–Trinajstić information content (AvgIpc) is 2.88. The van der Waals surface area contributed by atoms with E-state index in [1.54, 1.807) is 13.8 Å². The van der Waals surface area contributed by atoms with Gasteiger partial charge in [-0.3, -0.25) is 19.7 Å². The van der Waals surface area contributed by atoms with Gasteiger partial charge in [-0.15, -0.1) is 0 Å². The number of nitrogens with one attached hydrogen (secondary N) is 1. The maximum absolute atomic E-state index is 12.6. The van der Waals surface area contributed by atoms with E-state index >= 15 is 0 Å². The zero-order valence-corrected chi connectivity index (χ0v) is 15.8. The second kappa shape index (κ2) is 7.71. The van der Waals surface area contributed by atoms with Gasteiger partial charge in [-0.1, -0.05) is 11.6 Å². The molecule has 0 aliphatic rings. The molecular weight excluding hydrogens is 376 g/mol. The molecule has 1 N–H and O–H groups in total. The lowest BCUT2D eigenvalue weighted by molar-refractivity contribution is -0.384. The van der Waals surface area contributed by atoms with Gasteiger partial charge in [0.2, 0.25) is 5.78 Å². The lowest BCUT2D eigenvalue weighted by Gasteiger charge is -2.13. The summed E-state index contributed by atoms with van der Waals surface area (Å²) in [7, 11) is 0. The number of aromatic amines is 1. The van der Waals surface area contributed by atoms with Crippen LogP contribution in [0.3, 0.4) is 0 Å². The number of rotatable bonds is 6. The zero-order valence-electron chi connectivity index (χ0n) is 15.1. The van der Waals surface area contributed by atoms with Crippen LogP contribution >= 0.6 is 11.6 Å². The summed E-state index contributed by atoms with van der Waals surface area (Å²) in [6, 6.07) is 3.31. The number of hydrogen-bond donors (Lipinski definition) is 1. The van der Waals surface area contributed by atoms with E-state index in [0.717, 1.165) is 18.2 Å². The molecule has 0 bridgehead atoms. The summed E-state index contributed by atoms with van der Waals surface area (Å²) in [6.45, 7) is 6.10. The Bertz CT molecular complexity index is 963. The number of nitro groups is 1. The molecule has 1 aromatic heterocycles. The van der Waals surface area contributed by atoms with E-state index in [-0.39, 0.29) is 27.8 Å². The molecule has 0 saturated carbocycles. The normalized spacial score (nSPS) is 11.7. The highest BCUT2D eigenvalue weighted by Crippen LogP contribution is 2.24. The lowest BCUT2D eigenvalue weighted by atomic mass is 10.0. The van der Waals surface area contributed by atoms with Crippen LogP contribution in [0.5, 0.6) is 0 Å². The van der Waals surface area contributed by atoms with E-state index in [1.165, 1.54) is 13.8 Å². The van der Waals surface area contributed by atoms with Crippen molar-refractivity contribution in [3.63, 3.8) is 0 Å². The molecule has 1 atom stereocenters. The molecule has 2 aromatic rings. The first-order chi connectivity index (χ1) is 12.5. The van der Waals surface area contributed by atoms with E-state index in [9.17, 15) is 24.5 Å². The SMILES string of the molecule is CC(=O)c1c(C)[nH]c(C(=O)[C@H](C)OC(=O)c2ccc([N+](=O)[O-])cc2Cl)c1C.